The molecule has 2 aromatic carbocycles. The van der Waals surface area contributed by atoms with Gasteiger partial charge in [0.15, 0.2) is 5.54 Å². The molecule has 2 aliphatic rings. The number of rotatable bonds is 6. The van der Waals surface area contributed by atoms with Crippen LogP contribution in [0.25, 0.3) is 22.1 Å². The second-order valence-electron chi connectivity index (χ2n) is 8.94. The monoisotopic (exact) mass is 498 g/mol. The lowest BCUT2D eigenvalue weighted by atomic mass is 9.95. The highest BCUT2D eigenvalue weighted by Gasteiger charge is 2.53. The molecular weight excluding hydrogens is 476 g/mol. The zero-order valence-corrected chi connectivity index (χ0v) is 20.0. The fraction of sp³-hybridized carbons (Fsp3) is 0.185. The average Bonchev–Trinajstić information content (AvgIpc) is 3.57. The first-order chi connectivity index (χ1) is 17.9. The van der Waals surface area contributed by atoms with E-state index in [1.807, 2.05) is 18.2 Å². The molecule has 6 rings (SSSR count). The van der Waals surface area contributed by atoms with E-state index in [2.05, 4.69) is 15.6 Å². The van der Waals surface area contributed by atoms with Gasteiger partial charge in [0, 0.05) is 35.5 Å². The quantitative estimate of drug-likeness (QED) is 0.392. The Morgan fingerprint density at radius 1 is 1.03 bits per heavy atom. The van der Waals surface area contributed by atoms with Crippen LogP contribution < -0.4 is 20.1 Å². The van der Waals surface area contributed by atoms with Crippen LogP contribution in [0.5, 0.6) is 11.5 Å². The first-order valence-electron chi connectivity index (χ1n) is 11.5. The van der Waals surface area contributed by atoms with Gasteiger partial charge in [0.1, 0.15) is 22.8 Å². The molecule has 1 saturated heterocycles. The van der Waals surface area contributed by atoms with Crippen LogP contribution in [0.15, 0.2) is 65.3 Å². The zero-order chi connectivity index (χ0) is 25.7. The van der Waals surface area contributed by atoms with Crippen molar-refractivity contribution in [1.29, 1.82) is 0 Å². The number of pyridine rings is 1. The first kappa shape index (κ1) is 22.6. The number of benzene rings is 2. The minimum absolute atomic E-state index is 0.108. The molecule has 0 aliphatic carbocycles. The van der Waals surface area contributed by atoms with Crippen LogP contribution in [0.3, 0.4) is 0 Å². The Bertz CT molecular complexity index is 1600. The van der Waals surface area contributed by atoms with E-state index in [0.29, 0.717) is 28.0 Å². The average molecular weight is 498 g/mol. The van der Waals surface area contributed by atoms with Crippen LogP contribution in [-0.2, 0) is 16.9 Å². The lowest BCUT2D eigenvalue weighted by Crippen LogP contribution is -2.52. The van der Waals surface area contributed by atoms with Crippen LogP contribution >= 0.6 is 0 Å². The summed E-state index contributed by atoms with van der Waals surface area (Å²) in [6, 6.07) is 13.6. The lowest BCUT2D eigenvalue weighted by Gasteiger charge is -2.29. The Kier molecular flexibility index (Phi) is 5.11. The van der Waals surface area contributed by atoms with Crippen molar-refractivity contribution < 1.29 is 28.3 Å². The number of fused-ring (bicyclic) bond motifs is 2. The Hall–Kier alpha value is -4.86. The molecule has 10 heteroatoms. The van der Waals surface area contributed by atoms with E-state index in [9.17, 15) is 14.4 Å². The maximum Gasteiger partial charge on any atom is 0.322 e. The number of nitrogens with zero attached hydrogens (tertiary/aromatic N) is 2. The van der Waals surface area contributed by atoms with Gasteiger partial charge in [-0.1, -0.05) is 12.1 Å². The molecular formula is C27H22N4O6. The summed E-state index contributed by atoms with van der Waals surface area (Å²) in [5.41, 5.74) is 1.88. The van der Waals surface area contributed by atoms with E-state index >= 15 is 0 Å². The predicted molar refractivity (Wildman–Crippen MR) is 132 cm³/mol. The first-order valence-corrected chi connectivity index (χ1v) is 11.5. The molecule has 0 radical (unpaired) electrons. The number of hydrogen-bond donors (Lipinski definition) is 2. The summed E-state index contributed by atoms with van der Waals surface area (Å²) in [5.74, 6) is 0.605. The van der Waals surface area contributed by atoms with Gasteiger partial charge in [-0.25, -0.2) is 4.79 Å². The summed E-state index contributed by atoms with van der Waals surface area (Å²) in [5, 5.41) is 5.73. The van der Waals surface area contributed by atoms with Crippen LogP contribution in [0.4, 0.5) is 4.79 Å². The number of aromatic nitrogens is 1. The minimum atomic E-state index is -1.59. The molecule has 186 valence electrons. The number of amides is 4. The minimum Gasteiger partial charge on any atom is -0.497 e. The van der Waals surface area contributed by atoms with Gasteiger partial charge in [0.25, 0.3) is 11.8 Å². The molecule has 1 fully saturated rings. The molecule has 0 unspecified atom stereocenters. The van der Waals surface area contributed by atoms with Crippen LogP contribution in [0.2, 0.25) is 0 Å². The zero-order valence-electron chi connectivity index (χ0n) is 20.0. The number of furan rings is 1. The number of imide groups is 1. The molecule has 2 aromatic heterocycles. The van der Waals surface area contributed by atoms with Gasteiger partial charge < -0.3 is 24.1 Å². The molecule has 0 spiro atoms. The molecule has 1 atom stereocenters. The van der Waals surface area contributed by atoms with Crippen LogP contribution in [0, 0.1) is 0 Å². The Morgan fingerprint density at radius 2 is 1.89 bits per heavy atom. The molecule has 4 aromatic rings. The highest BCUT2D eigenvalue weighted by Crippen LogP contribution is 2.37. The number of hydrogen-bond acceptors (Lipinski definition) is 7. The highest BCUT2D eigenvalue weighted by molar-refractivity contribution is 6.08. The summed E-state index contributed by atoms with van der Waals surface area (Å²) >= 11 is 0. The SMILES string of the molecule is COc1ccc2c(c1)C(=O)N(C[C@@]1(c3cc4cc(-c5cnccc5OC)ccc4o3)NC(=O)NC1=O)C2. The van der Waals surface area contributed by atoms with Gasteiger partial charge in [-0.3, -0.25) is 19.9 Å². The van der Waals surface area contributed by atoms with Gasteiger partial charge >= 0.3 is 6.03 Å². The van der Waals surface area contributed by atoms with Crippen LogP contribution in [-0.4, -0.2) is 48.5 Å². The fourth-order valence-corrected chi connectivity index (χ4v) is 4.93. The van der Waals surface area contributed by atoms with E-state index in [1.165, 1.54) is 12.0 Å². The standard InChI is InChI=1S/C27H22N4O6/c1-35-18-5-3-16-13-31(24(32)19(16)11-18)14-27(25(33)29-26(34)30-27)23-10-17-9-15(4-6-21(17)37-23)20-12-28-8-7-22(20)36-2/h3-12H,13-14H2,1-2H3,(H2,29,30,33,34)/t27-/m0/s1. The molecule has 10 nitrogen and oxygen atoms in total. The normalized spacial score (nSPS) is 18.6. The van der Waals surface area contributed by atoms with E-state index in [-0.39, 0.29) is 24.8 Å². The maximum atomic E-state index is 13.2. The summed E-state index contributed by atoms with van der Waals surface area (Å²) in [6.07, 6.45) is 3.36. The Labute approximate surface area is 211 Å². The molecule has 4 amide bonds. The maximum absolute atomic E-state index is 13.2. The van der Waals surface area contributed by atoms with Crippen molar-refractivity contribution in [3.05, 3.63) is 77.8 Å². The van der Waals surface area contributed by atoms with Crippen molar-refractivity contribution in [1.82, 2.24) is 20.5 Å². The number of methoxy groups -OCH3 is 2. The largest absolute Gasteiger partial charge is 0.497 e. The highest BCUT2D eigenvalue weighted by atomic mass is 16.5. The number of ether oxygens (including phenoxy) is 2. The van der Waals surface area contributed by atoms with Crippen molar-refractivity contribution in [2.45, 2.75) is 12.1 Å². The molecule has 4 heterocycles. The second-order valence-corrected chi connectivity index (χ2v) is 8.94. The molecule has 0 bridgehead atoms. The van der Waals surface area contributed by atoms with E-state index in [0.717, 1.165) is 16.7 Å². The van der Waals surface area contributed by atoms with E-state index in [4.69, 9.17) is 13.9 Å². The molecule has 0 saturated carbocycles. The van der Waals surface area contributed by atoms with Crippen molar-refractivity contribution >= 4 is 28.8 Å². The number of carbonyl (C=O) groups is 3. The van der Waals surface area contributed by atoms with Crippen molar-refractivity contribution in [3.8, 4) is 22.6 Å². The third kappa shape index (κ3) is 3.56. The van der Waals surface area contributed by atoms with Gasteiger partial charge in [-0.15, -0.1) is 0 Å². The van der Waals surface area contributed by atoms with E-state index < -0.39 is 17.5 Å². The topological polar surface area (TPSA) is 123 Å². The van der Waals surface area contributed by atoms with Crippen molar-refractivity contribution in [2.24, 2.45) is 0 Å². The summed E-state index contributed by atoms with van der Waals surface area (Å²) < 4.78 is 16.8. The third-order valence-corrected chi connectivity index (χ3v) is 6.81. The summed E-state index contributed by atoms with van der Waals surface area (Å²) in [6.45, 7) is 0.178. The van der Waals surface area contributed by atoms with E-state index in [1.54, 1.807) is 49.8 Å². The number of nitrogens with one attached hydrogen (secondary N) is 2. The van der Waals surface area contributed by atoms with Crippen molar-refractivity contribution in [3.63, 3.8) is 0 Å². The smallest absolute Gasteiger partial charge is 0.322 e. The molecule has 2 N–H and O–H groups in total. The number of urea groups is 1. The lowest BCUT2D eigenvalue weighted by molar-refractivity contribution is -0.125. The number of carbonyl (C=O) groups excluding carboxylic acids is 3. The van der Waals surface area contributed by atoms with Crippen LogP contribution in [0.1, 0.15) is 21.7 Å². The van der Waals surface area contributed by atoms with Gasteiger partial charge in [0.2, 0.25) is 0 Å². The van der Waals surface area contributed by atoms with Gasteiger partial charge in [0.05, 0.1) is 20.8 Å². The van der Waals surface area contributed by atoms with Gasteiger partial charge in [-0.2, -0.15) is 0 Å². The third-order valence-electron chi connectivity index (χ3n) is 6.81. The predicted octanol–water partition coefficient (Wildman–Crippen LogP) is 3.20. The van der Waals surface area contributed by atoms with Gasteiger partial charge in [-0.05, 0) is 47.5 Å². The van der Waals surface area contributed by atoms with Crippen molar-refractivity contribution in [2.75, 3.05) is 20.8 Å². The Morgan fingerprint density at radius 3 is 2.65 bits per heavy atom. The summed E-state index contributed by atoms with van der Waals surface area (Å²) in [7, 11) is 3.12. The summed E-state index contributed by atoms with van der Waals surface area (Å²) in [4.78, 5) is 44.4. The second kappa shape index (κ2) is 8.37. The molecule has 37 heavy (non-hydrogen) atoms. The molecule has 2 aliphatic heterocycles. The fourth-order valence-electron chi connectivity index (χ4n) is 4.93. The Balaban J connectivity index is 1.39.